The van der Waals surface area contributed by atoms with Gasteiger partial charge in [-0.1, -0.05) is 19.9 Å². The van der Waals surface area contributed by atoms with Gasteiger partial charge in [0.2, 0.25) is 0 Å². The van der Waals surface area contributed by atoms with Gasteiger partial charge in [0.25, 0.3) is 5.91 Å². The number of ether oxygens (including phenoxy) is 1. The second kappa shape index (κ2) is 6.61. The molecule has 0 fully saturated rings. The topological polar surface area (TPSA) is 61.8 Å². The zero-order chi connectivity index (χ0) is 15.3. The minimum Gasteiger partial charge on any atom is -0.504 e. The molecule has 0 aliphatic heterocycles. The summed E-state index contributed by atoms with van der Waals surface area (Å²) in [5.74, 6) is -0.128. The molecule has 5 nitrogen and oxygen atoms in total. The first kappa shape index (κ1) is 16.3. The first-order chi connectivity index (χ1) is 9.26. The number of methoxy groups -OCH3 is 1. The maximum absolute atomic E-state index is 12.1. The Morgan fingerprint density at radius 1 is 1.40 bits per heavy atom. The number of benzene rings is 1. The van der Waals surface area contributed by atoms with E-state index in [1.54, 1.807) is 18.2 Å². The number of carbonyl (C=O) groups is 1. The van der Waals surface area contributed by atoms with Crippen LogP contribution in [0.2, 0.25) is 0 Å². The van der Waals surface area contributed by atoms with Crippen LogP contribution in [0, 0.1) is 5.41 Å². The Bertz CT molecular complexity index is 470. The molecular weight excluding hydrogens is 256 g/mol. The highest BCUT2D eigenvalue weighted by Gasteiger charge is 2.21. The number of rotatable bonds is 6. The van der Waals surface area contributed by atoms with Crippen LogP contribution in [0.4, 0.5) is 0 Å². The predicted octanol–water partition coefficient (Wildman–Crippen LogP) is 1.72. The molecule has 1 aromatic carbocycles. The van der Waals surface area contributed by atoms with Gasteiger partial charge in [0, 0.05) is 13.1 Å². The number of carbonyl (C=O) groups excluding carboxylic acids is 1. The van der Waals surface area contributed by atoms with Crippen molar-refractivity contribution < 1.29 is 14.6 Å². The number of phenols is 1. The summed E-state index contributed by atoms with van der Waals surface area (Å²) in [6.45, 7) is 5.55. The fourth-order valence-corrected chi connectivity index (χ4v) is 2.20. The maximum Gasteiger partial charge on any atom is 0.255 e. The third kappa shape index (κ3) is 4.42. The lowest BCUT2D eigenvalue weighted by atomic mass is 9.93. The minimum absolute atomic E-state index is 0.0480. The first-order valence-electron chi connectivity index (χ1n) is 6.56. The fraction of sp³-hybridized carbons (Fsp3) is 0.533. The minimum atomic E-state index is -0.298. The lowest BCUT2D eigenvalue weighted by Gasteiger charge is -2.28. The van der Waals surface area contributed by atoms with Gasteiger partial charge in [-0.25, -0.2) is 0 Å². The molecule has 0 saturated heterocycles. The largest absolute Gasteiger partial charge is 0.504 e. The van der Waals surface area contributed by atoms with Crippen LogP contribution in [0.25, 0.3) is 0 Å². The zero-order valence-electron chi connectivity index (χ0n) is 12.9. The average molecular weight is 280 g/mol. The van der Waals surface area contributed by atoms with Crippen molar-refractivity contribution >= 4 is 5.91 Å². The van der Waals surface area contributed by atoms with E-state index in [-0.39, 0.29) is 22.6 Å². The van der Waals surface area contributed by atoms with Gasteiger partial charge in [-0.15, -0.1) is 0 Å². The highest BCUT2D eigenvalue weighted by molar-refractivity contribution is 5.97. The Hall–Kier alpha value is -1.75. The molecule has 0 spiro atoms. The molecule has 112 valence electrons. The molecule has 0 saturated carbocycles. The molecule has 0 unspecified atom stereocenters. The summed E-state index contributed by atoms with van der Waals surface area (Å²) in [5, 5.41) is 12.8. The van der Waals surface area contributed by atoms with Gasteiger partial charge in [0.05, 0.1) is 12.7 Å². The summed E-state index contributed by atoms with van der Waals surface area (Å²) in [6, 6.07) is 4.87. The summed E-state index contributed by atoms with van der Waals surface area (Å²) in [4.78, 5) is 14.2. The normalized spacial score (nSPS) is 11.5. The van der Waals surface area contributed by atoms with E-state index in [4.69, 9.17) is 4.74 Å². The zero-order valence-corrected chi connectivity index (χ0v) is 12.9. The van der Waals surface area contributed by atoms with Crippen LogP contribution < -0.4 is 10.1 Å². The lowest BCUT2D eigenvalue weighted by molar-refractivity contribution is 0.0926. The second-order valence-electron chi connectivity index (χ2n) is 5.94. The number of nitrogens with zero attached hydrogens (tertiary/aromatic N) is 1. The van der Waals surface area contributed by atoms with Crippen molar-refractivity contribution in [2.24, 2.45) is 5.41 Å². The molecule has 0 aromatic heterocycles. The van der Waals surface area contributed by atoms with Crippen molar-refractivity contribution in [2.75, 3.05) is 34.3 Å². The first-order valence-corrected chi connectivity index (χ1v) is 6.56. The van der Waals surface area contributed by atoms with Crippen LogP contribution in [-0.4, -0.2) is 50.2 Å². The Morgan fingerprint density at radius 2 is 2.05 bits per heavy atom. The van der Waals surface area contributed by atoms with Crippen molar-refractivity contribution in [1.82, 2.24) is 10.2 Å². The smallest absolute Gasteiger partial charge is 0.255 e. The van der Waals surface area contributed by atoms with Crippen LogP contribution >= 0.6 is 0 Å². The average Bonchev–Trinajstić information content (AvgIpc) is 2.35. The molecule has 0 aliphatic carbocycles. The Morgan fingerprint density at radius 3 is 2.60 bits per heavy atom. The van der Waals surface area contributed by atoms with E-state index in [2.05, 4.69) is 24.1 Å². The SMILES string of the molecule is COc1cccc(C(=O)NCC(C)(C)CN(C)C)c1O. The van der Waals surface area contributed by atoms with Crippen LogP contribution in [-0.2, 0) is 0 Å². The van der Waals surface area contributed by atoms with Crippen LogP contribution in [0.3, 0.4) is 0 Å². The molecular formula is C15H24N2O3. The number of para-hydroxylation sites is 1. The highest BCUT2D eigenvalue weighted by Crippen LogP contribution is 2.29. The van der Waals surface area contributed by atoms with E-state index >= 15 is 0 Å². The highest BCUT2D eigenvalue weighted by atomic mass is 16.5. The number of aromatic hydroxyl groups is 1. The third-order valence-corrected chi connectivity index (χ3v) is 2.94. The van der Waals surface area contributed by atoms with Crippen LogP contribution in [0.5, 0.6) is 11.5 Å². The van der Waals surface area contributed by atoms with Crippen molar-refractivity contribution in [1.29, 1.82) is 0 Å². The van der Waals surface area contributed by atoms with Gasteiger partial charge in [0.1, 0.15) is 0 Å². The van der Waals surface area contributed by atoms with Crippen molar-refractivity contribution in [3.05, 3.63) is 23.8 Å². The Kier molecular flexibility index (Phi) is 5.39. The summed E-state index contributed by atoms with van der Waals surface area (Å²) in [5.41, 5.74) is 0.179. The number of nitrogens with one attached hydrogen (secondary N) is 1. The summed E-state index contributed by atoms with van der Waals surface area (Å²) < 4.78 is 5.00. The quantitative estimate of drug-likeness (QED) is 0.833. The molecule has 1 aromatic rings. The van der Waals surface area contributed by atoms with Gasteiger partial charge in [0.15, 0.2) is 11.5 Å². The molecule has 1 rings (SSSR count). The van der Waals surface area contributed by atoms with Crippen LogP contribution in [0.15, 0.2) is 18.2 Å². The Labute approximate surface area is 120 Å². The van der Waals surface area contributed by atoms with Crippen LogP contribution in [0.1, 0.15) is 24.2 Å². The van der Waals surface area contributed by atoms with Gasteiger partial charge in [-0.3, -0.25) is 4.79 Å². The van der Waals surface area contributed by atoms with Crippen molar-refractivity contribution in [3.63, 3.8) is 0 Å². The summed E-state index contributed by atoms with van der Waals surface area (Å²) in [6.07, 6.45) is 0. The molecule has 0 atom stereocenters. The van der Waals surface area contributed by atoms with E-state index in [0.29, 0.717) is 12.3 Å². The van der Waals surface area contributed by atoms with E-state index < -0.39 is 0 Å². The molecule has 0 aliphatic rings. The van der Waals surface area contributed by atoms with E-state index in [1.807, 2.05) is 14.1 Å². The Balaban J connectivity index is 2.73. The standard InChI is InChI=1S/C15H24N2O3/c1-15(2,10-17(3)4)9-16-14(19)11-7-6-8-12(20-5)13(11)18/h6-8,18H,9-10H2,1-5H3,(H,16,19). The number of amides is 1. The van der Waals surface area contributed by atoms with E-state index in [9.17, 15) is 9.90 Å². The molecule has 20 heavy (non-hydrogen) atoms. The van der Waals surface area contributed by atoms with E-state index in [1.165, 1.54) is 7.11 Å². The van der Waals surface area contributed by atoms with Gasteiger partial charge in [-0.05, 0) is 31.6 Å². The second-order valence-corrected chi connectivity index (χ2v) is 5.94. The molecule has 0 radical (unpaired) electrons. The third-order valence-electron chi connectivity index (χ3n) is 2.94. The summed E-state index contributed by atoms with van der Waals surface area (Å²) in [7, 11) is 5.45. The molecule has 0 heterocycles. The fourth-order valence-electron chi connectivity index (χ4n) is 2.20. The van der Waals surface area contributed by atoms with Gasteiger partial charge < -0.3 is 20.1 Å². The lowest BCUT2D eigenvalue weighted by Crippen LogP contribution is -2.40. The maximum atomic E-state index is 12.1. The molecule has 1 amide bonds. The summed E-state index contributed by atoms with van der Waals surface area (Å²) >= 11 is 0. The van der Waals surface area contributed by atoms with Crippen molar-refractivity contribution in [3.8, 4) is 11.5 Å². The molecule has 5 heteroatoms. The number of phenolic OH excluding ortho intramolecular Hbond substituents is 1. The predicted molar refractivity (Wildman–Crippen MR) is 79.3 cm³/mol. The van der Waals surface area contributed by atoms with E-state index in [0.717, 1.165) is 6.54 Å². The number of hydrogen-bond donors (Lipinski definition) is 2. The molecule has 2 N–H and O–H groups in total. The van der Waals surface area contributed by atoms with Gasteiger partial charge >= 0.3 is 0 Å². The van der Waals surface area contributed by atoms with Crippen molar-refractivity contribution in [2.45, 2.75) is 13.8 Å². The van der Waals surface area contributed by atoms with Gasteiger partial charge in [-0.2, -0.15) is 0 Å². The number of hydrogen-bond acceptors (Lipinski definition) is 4. The monoisotopic (exact) mass is 280 g/mol. The molecule has 0 bridgehead atoms.